The van der Waals surface area contributed by atoms with Crippen LogP contribution in [0, 0.1) is 0 Å². The van der Waals surface area contributed by atoms with Crippen molar-refractivity contribution in [1.29, 1.82) is 0 Å². The summed E-state index contributed by atoms with van der Waals surface area (Å²) < 4.78 is 5.23. The molecule has 6 heteroatoms. The van der Waals surface area contributed by atoms with Gasteiger partial charge < -0.3 is 10.1 Å². The first-order valence-corrected chi connectivity index (χ1v) is 8.69. The zero-order valence-electron chi connectivity index (χ0n) is 14.6. The largest absolute Gasteiger partial charge is 0.449 e. The van der Waals surface area contributed by atoms with Gasteiger partial charge >= 0.3 is 5.97 Å². The fraction of sp³-hybridized carbons (Fsp3) is 0.0952. The summed E-state index contributed by atoms with van der Waals surface area (Å²) in [6.07, 6.45) is 0.450. The highest BCUT2D eigenvalue weighted by atomic mass is 35.5. The van der Waals surface area contributed by atoms with Crippen LogP contribution in [0.5, 0.6) is 0 Å². The Kier molecular flexibility index (Phi) is 5.84. The molecule has 0 bridgehead atoms. The first-order valence-electron chi connectivity index (χ1n) is 8.32. The van der Waals surface area contributed by atoms with E-state index in [1.165, 1.54) is 13.1 Å². The molecule has 0 fully saturated rings. The summed E-state index contributed by atoms with van der Waals surface area (Å²) in [6.45, 7) is 1.50. The van der Waals surface area contributed by atoms with Crippen molar-refractivity contribution in [2.75, 3.05) is 5.32 Å². The molecule has 136 valence electrons. The van der Waals surface area contributed by atoms with E-state index in [0.717, 1.165) is 11.1 Å². The van der Waals surface area contributed by atoms with Gasteiger partial charge in [0.05, 0.1) is 10.6 Å². The van der Waals surface area contributed by atoms with Gasteiger partial charge in [0.15, 0.2) is 6.10 Å². The van der Waals surface area contributed by atoms with Gasteiger partial charge in [-0.1, -0.05) is 54.1 Å². The third-order valence-corrected chi connectivity index (χ3v) is 4.08. The number of esters is 1. The average molecular weight is 381 g/mol. The zero-order valence-corrected chi connectivity index (χ0v) is 15.3. The molecule has 1 amide bonds. The van der Waals surface area contributed by atoms with Crippen molar-refractivity contribution in [3.05, 3.63) is 83.5 Å². The van der Waals surface area contributed by atoms with Crippen LogP contribution in [-0.2, 0) is 9.53 Å². The van der Waals surface area contributed by atoms with Crippen molar-refractivity contribution in [2.24, 2.45) is 0 Å². The number of carbonyl (C=O) groups is 2. The third kappa shape index (κ3) is 4.92. The van der Waals surface area contributed by atoms with Crippen LogP contribution in [0.1, 0.15) is 17.3 Å². The van der Waals surface area contributed by atoms with Crippen molar-refractivity contribution < 1.29 is 14.3 Å². The summed E-state index contributed by atoms with van der Waals surface area (Å²) in [5, 5.41) is 3.03. The number of carbonyl (C=O) groups excluding carboxylic acids is 2. The smallest absolute Gasteiger partial charge is 0.338 e. The van der Waals surface area contributed by atoms with E-state index < -0.39 is 18.0 Å². The number of hydrogen-bond acceptors (Lipinski definition) is 4. The van der Waals surface area contributed by atoms with Crippen molar-refractivity contribution in [3.8, 4) is 11.1 Å². The lowest BCUT2D eigenvalue weighted by Gasteiger charge is -2.13. The molecule has 2 aromatic carbocycles. The molecule has 0 aliphatic rings. The van der Waals surface area contributed by atoms with Crippen molar-refractivity contribution >= 4 is 29.3 Å². The monoisotopic (exact) mass is 380 g/mol. The Morgan fingerprint density at radius 1 is 0.963 bits per heavy atom. The quantitative estimate of drug-likeness (QED) is 0.657. The number of nitrogens with zero attached hydrogens (tertiary/aromatic N) is 1. The lowest BCUT2D eigenvalue weighted by Crippen LogP contribution is -2.30. The Morgan fingerprint density at radius 2 is 1.63 bits per heavy atom. The number of pyridine rings is 1. The number of anilines is 1. The summed E-state index contributed by atoms with van der Waals surface area (Å²) in [4.78, 5) is 28.4. The van der Waals surface area contributed by atoms with Crippen LogP contribution in [-0.4, -0.2) is 23.0 Å². The van der Waals surface area contributed by atoms with Gasteiger partial charge in [-0.25, -0.2) is 9.78 Å². The first-order chi connectivity index (χ1) is 13.0. The lowest BCUT2D eigenvalue weighted by atomic mass is 10.0. The second-order valence-corrected chi connectivity index (χ2v) is 6.28. The SMILES string of the molecule is C[C@H](OC(=O)c1ccc(-c2ccccc2)cc1)C(=O)Nc1ccc(Cl)cn1. The van der Waals surface area contributed by atoms with Crippen molar-refractivity contribution in [3.63, 3.8) is 0 Å². The van der Waals surface area contributed by atoms with Gasteiger partial charge in [-0.2, -0.15) is 0 Å². The number of hydrogen-bond donors (Lipinski definition) is 1. The summed E-state index contributed by atoms with van der Waals surface area (Å²) >= 11 is 5.75. The van der Waals surface area contributed by atoms with E-state index in [9.17, 15) is 9.59 Å². The van der Waals surface area contributed by atoms with Gasteiger partial charge in [-0.3, -0.25) is 4.79 Å². The van der Waals surface area contributed by atoms with Crippen LogP contribution in [0.25, 0.3) is 11.1 Å². The highest BCUT2D eigenvalue weighted by molar-refractivity contribution is 6.30. The first kappa shape index (κ1) is 18.6. The molecule has 27 heavy (non-hydrogen) atoms. The molecule has 5 nitrogen and oxygen atoms in total. The molecule has 0 aliphatic carbocycles. The number of benzene rings is 2. The third-order valence-electron chi connectivity index (χ3n) is 3.86. The van der Waals surface area contributed by atoms with E-state index in [-0.39, 0.29) is 0 Å². The van der Waals surface area contributed by atoms with E-state index in [0.29, 0.717) is 16.4 Å². The molecule has 0 radical (unpaired) electrons. The van der Waals surface area contributed by atoms with Crippen LogP contribution >= 0.6 is 11.6 Å². The minimum absolute atomic E-state index is 0.333. The van der Waals surface area contributed by atoms with Gasteiger partial charge in [-0.05, 0) is 42.3 Å². The van der Waals surface area contributed by atoms with E-state index in [2.05, 4.69) is 10.3 Å². The Hall–Kier alpha value is -3.18. The Labute approximate surface area is 162 Å². The van der Waals surface area contributed by atoms with Crippen LogP contribution in [0.2, 0.25) is 5.02 Å². The molecule has 1 N–H and O–H groups in total. The molecule has 0 saturated carbocycles. The minimum atomic E-state index is -0.969. The predicted molar refractivity (Wildman–Crippen MR) is 105 cm³/mol. The number of amides is 1. The molecule has 0 saturated heterocycles. The van der Waals surface area contributed by atoms with E-state index >= 15 is 0 Å². The van der Waals surface area contributed by atoms with Gasteiger partial charge in [0.1, 0.15) is 5.82 Å². The standard InChI is InChI=1S/C21H17ClN2O3/c1-14(20(25)24-19-12-11-18(22)13-23-19)27-21(26)17-9-7-16(8-10-17)15-5-3-2-4-6-15/h2-14H,1H3,(H,23,24,25)/t14-/m0/s1. The Morgan fingerprint density at radius 3 is 2.26 bits per heavy atom. The summed E-state index contributed by atoms with van der Waals surface area (Å²) in [5.41, 5.74) is 2.42. The maximum absolute atomic E-state index is 12.3. The predicted octanol–water partition coefficient (Wildman–Crippen LogP) is 4.59. The minimum Gasteiger partial charge on any atom is -0.449 e. The molecule has 3 rings (SSSR count). The molecule has 0 unspecified atom stereocenters. The highest BCUT2D eigenvalue weighted by Crippen LogP contribution is 2.19. The van der Waals surface area contributed by atoms with Crippen LogP contribution in [0.4, 0.5) is 5.82 Å². The number of halogens is 1. The molecule has 1 heterocycles. The molecule has 0 aliphatic heterocycles. The van der Waals surface area contributed by atoms with Crippen LogP contribution in [0.15, 0.2) is 72.9 Å². The van der Waals surface area contributed by atoms with Gasteiger partial charge in [0.25, 0.3) is 5.91 Å². The molecular weight excluding hydrogens is 364 g/mol. The second-order valence-electron chi connectivity index (χ2n) is 5.84. The van der Waals surface area contributed by atoms with Crippen molar-refractivity contribution in [2.45, 2.75) is 13.0 Å². The number of rotatable bonds is 5. The molecule has 1 aromatic heterocycles. The normalized spacial score (nSPS) is 11.5. The van der Waals surface area contributed by atoms with E-state index in [1.807, 2.05) is 42.5 Å². The number of ether oxygens (including phenoxy) is 1. The van der Waals surface area contributed by atoms with Gasteiger partial charge in [0.2, 0.25) is 0 Å². The Bertz CT molecular complexity index is 926. The second kappa shape index (κ2) is 8.47. The zero-order chi connectivity index (χ0) is 19.2. The van der Waals surface area contributed by atoms with E-state index in [4.69, 9.17) is 16.3 Å². The maximum Gasteiger partial charge on any atom is 0.338 e. The molecule has 3 aromatic rings. The summed E-state index contributed by atoms with van der Waals surface area (Å²) in [6, 6.07) is 20.0. The average Bonchev–Trinajstić information content (AvgIpc) is 2.70. The topological polar surface area (TPSA) is 68.3 Å². The number of aromatic nitrogens is 1. The maximum atomic E-state index is 12.3. The molecule has 1 atom stereocenters. The fourth-order valence-electron chi connectivity index (χ4n) is 2.39. The Balaban J connectivity index is 1.60. The van der Waals surface area contributed by atoms with Gasteiger partial charge in [-0.15, -0.1) is 0 Å². The highest BCUT2D eigenvalue weighted by Gasteiger charge is 2.19. The number of nitrogens with one attached hydrogen (secondary N) is 1. The van der Waals surface area contributed by atoms with E-state index in [1.54, 1.807) is 24.3 Å². The van der Waals surface area contributed by atoms with Crippen LogP contribution < -0.4 is 5.32 Å². The summed E-state index contributed by atoms with van der Waals surface area (Å²) in [5.74, 6) is -0.708. The molecular formula is C21H17ClN2O3. The van der Waals surface area contributed by atoms with Gasteiger partial charge in [0, 0.05) is 6.20 Å². The fourth-order valence-corrected chi connectivity index (χ4v) is 2.50. The van der Waals surface area contributed by atoms with Crippen molar-refractivity contribution in [1.82, 2.24) is 4.98 Å². The molecule has 0 spiro atoms. The van der Waals surface area contributed by atoms with Crippen LogP contribution in [0.3, 0.4) is 0 Å². The lowest BCUT2D eigenvalue weighted by molar-refractivity contribution is -0.123. The summed E-state index contributed by atoms with van der Waals surface area (Å²) in [7, 11) is 0.